The van der Waals surface area contributed by atoms with Gasteiger partial charge in [-0.15, -0.1) is 0 Å². The minimum Gasteiger partial charge on any atom is -0.466 e. The molecule has 1 saturated carbocycles. The molecule has 0 N–H and O–H groups in total. The number of ether oxygens (including phenoxy) is 1. The number of amides is 1. The van der Waals surface area contributed by atoms with Gasteiger partial charge in [0.1, 0.15) is 5.82 Å². The van der Waals surface area contributed by atoms with Crippen molar-refractivity contribution in [3.05, 3.63) is 89.8 Å². The van der Waals surface area contributed by atoms with Gasteiger partial charge in [0.25, 0.3) is 0 Å². The van der Waals surface area contributed by atoms with Crippen LogP contribution in [0.5, 0.6) is 0 Å². The average molecular weight is 529 g/mol. The van der Waals surface area contributed by atoms with Gasteiger partial charge in [-0.3, -0.25) is 4.79 Å². The second-order valence-corrected chi connectivity index (χ2v) is 10.3. The van der Waals surface area contributed by atoms with Gasteiger partial charge >= 0.3 is 5.97 Å². The van der Waals surface area contributed by atoms with Crippen molar-refractivity contribution in [1.82, 2.24) is 0 Å². The SMILES string of the molecule is COC(=O)/C=C/c1cccc(N(C(=O)C2CCCCC2)[C@H](C)c2ccc(-c3ccc(N(C)C)cc3)cc2F)c1. The molecular formula is C33H37FN2O3. The van der Waals surface area contributed by atoms with Gasteiger partial charge in [0.2, 0.25) is 5.91 Å². The predicted octanol–water partition coefficient (Wildman–Crippen LogP) is 7.42. The predicted molar refractivity (Wildman–Crippen MR) is 156 cm³/mol. The molecule has 0 aromatic heterocycles. The van der Waals surface area contributed by atoms with Gasteiger partial charge in [-0.25, -0.2) is 9.18 Å². The van der Waals surface area contributed by atoms with Crippen LogP contribution >= 0.6 is 0 Å². The quantitative estimate of drug-likeness (QED) is 0.226. The summed E-state index contributed by atoms with van der Waals surface area (Å²) in [6.07, 6.45) is 7.87. The number of carbonyl (C=O) groups is 2. The number of hydrogen-bond donors (Lipinski definition) is 0. The topological polar surface area (TPSA) is 49.9 Å². The van der Waals surface area contributed by atoms with Crippen LogP contribution in [-0.2, 0) is 14.3 Å². The molecule has 3 aromatic rings. The van der Waals surface area contributed by atoms with E-state index in [-0.39, 0.29) is 17.6 Å². The molecule has 5 nitrogen and oxygen atoms in total. The molecule has 1 aliphatic rings. The van der Waals surface area contributed by atoms with E-state index in [0.29, 0.717) is 11.3 Å². The standard InChI is InChI=1S/C33H37FN2O3/c1-23(30-19-16-27(22-31(30)34)25-14-17-28(18-15-25)35(2)3)36(33(38)26-10-6-5-7-11-26)29-12-8-9-24(21-29)13-20-32(37)39-4/h8-9,12-23,26H,5-7,10-11H2,1-4H3/b20-13+/t23-/m1/s1. The molecule has 0 heterocycles. The van der Waals surface area contributed by atoms with E-state index in [4.69, 9.17) is 4.74 Å². The number of benzene rings is 3. The first-order valence-electron chi connectivity index (χ1n) is 13.5. The lowest BCUT2D eigenvalue weighted by atomic mass is 9.87. The molecule has 6 heteroatoms. The highest BCUT2D eigenvalue weighted by atomic mass is 19.1. The fraction of sp³-hybridized carbons (Fsp3) is 0.333. The minimum atomic E-state index is -0.524. The van der Waals surface area contributed by atoms with E-state index in [9.17, 15) is 9.59 Å². The van der Waals surface area contributed by atoms with Crippen LogP contribution < -0.4 is 9.80 Å². The Labute approximate surface area is 230 Å². The zero-order valence-electron chi connectivity index (χ0n) is 23.2. The normalized spacial score (nSPS) is 14.7. The Morgan fingerprint density at radius 1 is 0.923 bits per heavy atom. The molecule has 0 unspecified atom stereocenters. The first kappa shape index (κ1) is 28.1. The van der Waals surface area contributed by atoms with Crippen LogP contribution in [0.25, 0.3) is 17.2 Å². The molecule has 0 bridgehead atoms. The Bertz CT molecular complexity index is 1330. The number of hydrogen-bond acceptors (Lipinski definition) is 4. The van der Waals surface area contributed by atoms with Gasteiger partial charge in [0.15, 0.2) is 0 Å². The van der Waals surface area contributed by atoms with E-state index < -0.39 is 12.0 Å². The highest BCUT2D eigenvalue weighted by molar-refractivity contribution is 5.96. The molecule has 204 valence electrons. The molecule has 39 heavy (non-hydrogen) atoms. The average Bonchev–Trinajstić information content (AvgIpc) is 2.96. The second-order valence-electron chi connectivity index (χ2n) is 10.3. The van der Waals surface area contributed by atoms with Gasteiger partial charge < -0.3 is 14.5 Å². The van der Waals surface area contributed by atoms with Crippen LogP contribution in [-0.4, -0.2) is 33.1 Å². The third-order valence-electron chi connectivity index (χ3n) is 7.51. The zero-order valence-corrected chi connectivity index (χ0v) is 23.2. The zero-order chi connectivity index (χ0) is 27.9. The number of nitrogens with zero attached hydrogens (tertiary/aromatic N) is 2. The van der Waals surface area contributed by atoms with Crippen molar-refractivity contribution in [3.63, 3.8) is 0 Å². The van der Waals surface area contributed by atoms with Crippen molar-refractivity contribution in [3.8, 4) is 11.1 Å². The van der Waals surface area contributed by atoms with E-state index >= 15 is 4.39 Å². The number of rotatable bonds is 8. The Balaban J connectivity index is 1.68. The molecule has 1 fully saturated rings. The monoisotopic (exact) mass is 528 g/mol. The lowest BCUT2D eigenvalue weighted by Crippen LogP contribution is -2.39. The molecule has 0 saturated heterocycles. The van der Waals surface area contributed by atoms with Gasteiger partial charge in [0.05, 0.1) is 13.2 Å². The van der Waals surface area contributed by atoms with Gasteiger partial charge in [-0.1, -0.05) is 55.7 Å². The summed E-state index contributed by atoms with van der Waals surface area (Å²) in [7, 11) is 5.29. The molecule has 3 aromatic carbocycles. The molecule has 1 aliphatic carbocycles. The maximum Gasteiger partial charge on any atom is 0.330 e. The Hall–Kier alpha value is -3.93. The van der Waals surface area contributed by atoms with E-state index in [1.54, 1.807) is 23.1 Å². The van der Waals surface area contributed by atoms with Crippen molar-refractivity contribution in [1.29, 1.82) is 0 Å². The first-order chi connectivity index (χ1) is 18.8. The van der Waals surface area contributed by atoms with Gasteiger partial charge in [-0.05, 0) is 72.9 Å². The van der Waals surface area contributed by atoms with E-state index in [1.807, 2.05) is 80.5 Å². The van der Waals surface area contributed by atoms with Crippen LogP contribution in [0.1, 0.15) is 56.2 Å². The lowest BCUT2D eigenvalue weighted by molar-refractivity contribution is -0.134. The lowest BCUT2D eigenvalue weighted by Gasteiger charge is -2.34. The summed E-state index contributed by atoms with van der Waals surface area (Å²) in [6.45, 7) is 1.88. The van der Waals surface area contributed by atoms with Crippen LogP contribution in [0.3, 0.4) is 0 Å². The Kier molecular flexibility index (Phi) is 9.18. The number of halogens is 1. The molecule has 0 spiro atoms. The van der Waals surface area contributed by atoms with Crippen molar-refractivity contribution in [2.75, 3.05) is 31.0 Å². The maximum atomic E-state index is 15.7. The second kappa shape index (κ2) is 12.7. The van der Waals surface area contributed by atoms with Crippen LogP contribution in [0.2, 0.25) is 0 Å². The van der Waals surface area contributed by atoms with Crippen LogP contribution in [0.15, 0.2) is 72.8 Å². The number of carbonyl (C=O) groups excluding carboxylic acids is 2. The van der Waals surface area contributed by atoms with Crippen LogP contribution in [0, 0.1) is 11.7 Å². The minimum absolute atomic E-state index is 0.0130. The van der Waals surface area contributed by atoms with E-state index in [0.717, 1.165) is 54.5 Å². The summed E-state index contributed by atoms with van der Waals surface area (Å²) < 4.78 is 20.4. The van der Waals surface area contributed by atoms with Gasteiger partial charge in [0, 0.05) is 43.0 Å². The van der Waals surface area contributed by atoms with E-state index in [1.165, 1.54) is 13.2 Å². The fourth-order valence-corrected chi connectivity index (χ4v) is 5.24. The third kappa shape index (κ3) is 6.75. The summed E-state index contributed by atoms with van der Waals surface area (Å²) in [5, 5.41) is 0. The number of anilines is 2. The molecule has 0 radical (unpaired) electrons. The maximum absolute atomic E-state index is 15.7. The Morgan fingerprint density at radius 2 is 1.62 bits per heavy atom. The highest BCUT2D eigenvalue weighted by Crippen LogP contribution is 2.35. The van der Waals surface area contributed by atoms with Crippen molar-refractivity contribution >= 4 is 29.3 Å². The smallest absolute Gasteiger partial charge is 0.330 e. The number of esters is 1. The van der Waals surface area contributed by atoms with Crippen LogP contribution in [0.4, 0.5) is 15.8 Å². The summed E-state index contributed by atoms with van der Waals surface area (Å²) in [5.74, 6) is -0.880. The first-order valence-corrected chi connectivity index (χ1v) is 13.5. The molecule has 1 atom stereocenters. The summed E-state index contributed by atoms with van der Waals surface area (Å²) in [5.41, 5.74) is 4.68. The van der Waals surface area contributed by atoms with Gasteiger partial charge in [-0.2, -0.15) is 0 Å². The summed E-state index contributed by atoms with van der Waals surface area (Å²) >= 11 is 0. The fourth-order valence-electron chi connectivity index (χ4n) is 5.24. The highest BCUT2D eigenvalue weighted by Gasteiger charge is 2.32. The molecule has 4 rings (SSSR count). The van der Waals surface area contributed by atoms with Crippen molar-refractivity contribution in [2.45, 2.75) is 45.1 Å². The molecule has 1 amide bonds. The Morgan fingerprint density at radius 3 is 2.26 bits per heavy atom. The molecular weight excluding hydrogens is 491 g/mol. The van der Waals surface area contributed by atoms with E-state index in [2.05, 4.69) is 0 Å². The molecule has 0 aliphatic heterocycles. The number of methoxy groups -OCH3 is 1. The van der Waals surface area contributed by atoms with Crippen molar-refractivity contribution in [2.24, 2.45) is 5.92 Å². The largest absolute Gasteiger partial charge is 0.466 e. The third-order valence-corrected chi connectivity index (χ3v) is 7.51. The van der Waals surface area contributed by atoms with Crippen molar-refractivity contribution < 1.29 is 18.7 Å². The summed E-state index contributed by atoms with van der Waals surface area (Å²) in [4.78, 5) is 29.3. The summed E-state index contributed by atoms with van der Waals surface area (Å²) in [6, 6.07) is 20.1.